The van der Waals surface area contributed by atoms with Gasteiger partial charge in [0, 0.05) is 12.2 Å². The van der Waals surface area contributed by atoms with Crippen molar-refractivity contribution in [2.24, 2.45) is 0 Å². The number of benzene rings is 2. The molecule has 18 heavy (non-hydrogen) atoms. The van der Waals surface area contributed by atoms with Crippen LogP contribution < -0.4 is 4.90 Å². The molecular formula is C14H15NO2S. The molecule has 0 fully saturated rings. The molecule has 94 valence electrons. The largest absolute Gasteiger partial charge is 0.353 e. The third-order valence-electron chi connectivity index (χ3n) is 2.60. The van der Waals surface area contributed by atoms with Gasteiger partial charge in [0.15, 0.2) is 11.1 Å². The maximum Gasteiger partial charge on any atom is 0.173 e. The Hall–Kier alpha value is -1.65. The number of nitrogens with zero attached hydrogens (tertiary/aromatic N) is 1. The third kappa shape index (κ3) is 3.68. The maximum atomic E-state index is 11.0. The van der Waals surface area contributed by atoms with E-state index in [9.17, 15) is 4.21 Å². The van der Waals surface area contributed by atoms with Crippen LogP contribution in [0.5, 0.6) is 0 Å². The summed E-state index contributed by atoms with van der Waals surface area (Å²) in [7, 11) is 0. The van der Waals surface area contributed by atoms with Crippen LogP contribution in [-0.2, 0) is 17.6 Å². The normalized spacial score (nSPS) is 12.1. The Bertz CT molecular complexity index is 502. The van der Waals surface area contributed by atoms with Crippen molar-refractivity contribution in [3.05, 3.63) is 66.2 Å². The van der Waals surface area contributed by atoms with Crippen molar-refractivity contribution < 1.29 is 8.76 Å². The quantitative estimate of drug-likeness (QED) is 0.841. The Kier molecular flexibility index (Phi) is 4.50. The average molecular weight is 261 g/mol. The van der Waals surface area contributed by atoms with E-state index in [1.54, 1.807) is 0 Å². The van der Waals surface area contributed by atoms with Crippen molar-refractivity contribution in [2.45, 2.75) is 6.54 Å². The summed E-state index contributed by atoms with van der Waals surface area (Å²) in [5, 5.41) is 0. The van der Waals surface area contributed by atoms with Gasteiger partial charge in [-0.1, -0.05) is 48.5 Å². The van der Waals surface area contributed by atoms with Gasteiger partial charge in [-0.2, -0.15) is 0 Å². The van der Waals surface area contributed by atoms with Gasteiger partial charge >= 0.3 is 0 Å². The molecule has 2 aromatic rings. The zero-order chi connectivity index (χ0) is 12.8. The van der Waals surface area contributed by atoms with Gasteiger partial charge in [-0.3, -0.25) is 0 Å². The molecule has 0 saturated carbocycles. The number of para-hydroxylation sites is 1. The Morgan fingerprint density at radius 3 is 2.06 bits per heavy atom. The van der Waals surface area contributed by atoms with Gasteiger partial charge in [-0.05, 0) is 17.7 Å². The molecule has 0 aromatic heterocycles. The van der Waals surface area contributed by atoms with Crippen molar-refractivity contribution in [3.63, 3.8) is 0 Å². The fourth-order valence-corrected chi connectivity index (χ4v) is 2.29. The molecule has 0 radical (unpaired) electrons. The highest BCUT2D eigenvalue weighted by atomic mass is 32.2. The second-order valence-corrected chi connectivity index (χ2v) is 4.87. The summed E-state index contributed by atoms with van der Waals surface area (Å²) >= 11 is -1.84. The summed E-state index contributed by atoms with van der Waals surface area (Å²) in [5.41, 5.74) is 2.07. The van der Waals surface area contributed by atoms with Crippen molar-refractivity contribution >= 4 is 16.8 Å². The summed E-state index contributed by atoms with van der Waals surface area (Å²) in [6, 6.07) is 19.6. The van der Waals surface area contributed by atoms with Crippen molar-refractivity contribution in [1.29, 1.82) is 0 Å². The monoisotopic (exact) mass is 261 g/mol. The van der Waals surface area contributed by atoms with Gasteiger partial charge in [0.2, 0.25) is 0 Å². The maximum absolute atomic E-state index is 11.0. The first kappa shape index (κ1) is 12.8. The Morgan fingerprint density at radius 2 is 1.50 bits per heavy atom. The molecule has 4 heteroatoms. The Morgan fingerprint density at radius 1 is 0.944 bits per heavy atom. The van der Waals surface area contributed by atoms with Crippen LogP contribution >= 0.6 is 0 Å². The minimum absolute atomic E-state index is 0.110. The van der Waals surface area contributed by atoms with Crippen LogP contribution in [0.3, 0.4) is 0 Å². The zero-order valence-electron chi connectivity index (χ0n) is 9.90. The molecular weight excluding hydrogens is 246 g/mol. The summed E-state index contributed by atoms with van der Waals surface area (Å²) in [6.45, 7) is 0.622. The number of hydrogen-bond acceptors (Lipinski definition) is 2. The first-order valence-corrected chi connectivity index (χ1v) is 6.94. The van der Waals surface area contributed by atoms with E-state index in [1.807, 2.05) is 65.6 Å². The SMILES string of the molecule is O=S(O)CN(Cc1ccccc1)c1ccccc1. The second kappa shape index (κ2) is 6.33. The smallest absolute Gasteiger partial charge is 0.173 e. The van der Waals surface area contributed by atoms with Gasteiger partial charge < -0.3 is 9.45 Å². The molecule has 2 rings (SSSR count). The Labute approximate surface area is 109 Å². The third-order valence-corrected chi connectivity index (χ3v) is 3.14. The molecule has 0 aliphatic carbocycles. The van der Waals surface area contributed by atoms with E-state index in [0.29, 0.717) is 6.54 Å². The van der Waals surface area contributed by atoms with Gasteiger partial charge in [0.25, 0.3) is 0 Å². The lowest BCUT2D eigenvalue weighted by Gasteiger charge is -2.23. The summed E-state index contributed by atoms with van der Waals surface area (Å²) in [6.07, 6.45) is 0. The molecule has 0 spiro atoms. The van der Waals surface area contributed by atoms with E-state index >= 15 is 0 Å². The number of hydrogen-bond donors (Lipinski definition) is 1. The van der Waals surface area contributed by atoms with E-state index in [-0.39, 0.29) is 5.88 Å². The molecule has 1 unspecified atom stereocenters. The minimum Gasteiger partial charge on any atom is -0.353 e. The molecule has 0 aliphatic heterocycles. The lowest BCUT2D eigenvalue weighted by molar-refractivity contribution is 0.561. The highest BCUT2D eigenvalue weighted by Gasteiger charge is 2.09. The molecule has 0 amide bonds. The molecule has 1 N–H and O–H groups in total. The number of anilines is 1. The van der Waals surface area contributed by atoms with Crippen LogP contribution in [-0.4, -0.2) is 14.6 Å². The summed E-state index contributed by atoms with van der Waals surface area (Å²) < 4.78 is 20.1. The molecule has 0 aliphatic rings. The van der Waals surface area contributed by atoms with Gasteiger partial charge in [-0.15, -0.1) is 0 Å². The molecule has 0 bridgehead atoms. The van der Waals surface area contributed by atoms with E-state index in [2.05, 4.69) is 0 Å². The van der Waals surface area contributed by atoms with E-state index < -0.39 is 11.1 Å². The molecule has 3 nitrogen and oxygen atoms in total. The fraction of sp³-hybridized carbons (Fsp3) is 0.143. The van der Waals surface area contributed by atoms with E-state index in [1.165, 1.54) is 0 Å². The second-order valence-electron chi connectivity index (χ2n) is 3.97. The van der Waals surface area contributed by atoms with Gasteiger partial charge in [0.05, 0.1) is 0 Å². The lowest BCUT2D eigenvalue weighted by Crippen LogP contribution is -2.26. The van der Waals surface area contributed by atoms with Gasteiger partial charge in [-0.25, -0.2) is 4.21 Å². The number of rotatable bonds is 5. The first-order chi connectivity index (χ1) is 8.75. The standard InChI is InChI=1S/C14H15NO2S/c16-18(17)12-15(14-9-5-2-6-10-14)11-13-7-3-1-4-8-13/h1-10H,11-12H2,(H,16,17). The molecule has 0 heterocycles. The summed E-state index contributed by atoms with van der Waals surface area (Å²) in [5.74, 6) is 0.110. The van der Waals surface area contributed by atoms with E-state index in [4.69, 9.17) is 4.55 Å². The molecule has 1 atom stereocenters. The first-order valence-electron chi connectivity index (χ1n) is 5.67. The molecule has 0 saturated heterocycles. The summed E-state index contributed by atoms with van der Waals surface area (Å²) in [4.78, 5) is 1.89. The van der Waals surface area contributed by atoms with Crippen LogP contribution in [0.1, 0.15) is 5.56 Å². The van der Waals surface area contributed by atoms with Crippen molar-refractivity contribution in [1.82, 2.24) is 0 Å². The van der Waals surface area contributed by atoms with Crippen molar-refractivity contribution in [2.75, 3.05) is 10.8 Å². The lowest BCUT2D eigenvalue weighted by atomic mass is 10.2. The highest BCUT2D eigenvalue weighted by molar-refractivity contribution is 7.79. The highest BCUT2D eigenvalue weighted by Crippen LogP contribution is 2.16. The topological polar surface area (TPSA) is 40.5 Å². The van der Waals surface area contributed by atoms with Crippen molar-refractivity contribution in [3.8, 4) is 0 Å². The van der Waals surface area contributed by atoms with Crippen LogP contribution in [0.2, 0.25) is 0 Å². The fourth-order valence-electron chi connectivity index (χ4n) is 1.79. The minimum atomic E-state index is -1.84. The van der Waals surface area contributed by atoms with E-state index in [0.717, 1.165) is 11.3 Å². The van der Waals surface area contributed by atoms with Gasteiger partial charge in [0.1, 0.15) is 5.88 Å². The predicted molar refractivity (Wildman–Crippen MR) is 74.7 cm³/mol. The predicted octanol–water partition coefficient (Wildman–Crippen LogP) is 2.87. The van der Waals surface area contributed by atoms with Crippen LogP contribution in [0, 0.1) is 0 Å². The Balaban J connectivity index is 2.18. The average Bonchev–Trinajstić information content (AvgIpc) is 2.40. The zero-order valence-corrected chi connectivity index (χ0v) is 10.7. The molecule has 2 aromatic carbocycles. The van der Waals surface area contributed by atoms with Crippen LogP contribution in [0.4, 0.5) is 5.69 Å². The van der Waals surface area contributed by atoms with Crippen LogP contribution in [0.25, 0.3) is 0 Å². The van der Waals surface area contributed by atoms with Crippen LogP contribution in [0.15, 0.2) is 60.7 Å².